The molecule has 7 heteroatoms. The number of benzene rings is 3. The summed E-state index contributed by atoms with van der Waals surface area (Å²) >= 11 is 18.4. The minimum absolute atomic E-state index is 0.0383. The van der Waals surface area contributed by atoms with Crippen molar-refractivity contribution >= 4 is 52.5 Å². The fraction of sp³-hybridized carbons (Fsp3) is 0.120. The molecule has 0 aliphatic carbocycles. The lowest BCUT2D eigenvalue weighted by Crippen LogP contribution is -2.14. The summed E-state index contributed by atoms with van der Waals surface area (Å²) in [5.74, 6) is -0.0387. The van der Waals surface area contributed by atoms with Gasteiger partial charge in [0.15, 0.2) is 0 Å². The third-order valence-corrected chi connectivity index (χ3v) is 5.55. The van der Waals surface area contributed by atoms with Gasteiger partial charge in [0.1, 0.15) is 24.0 Å². The third-order valence-electron chi connectivity index (χ3n) is 4.67. The molecule has 0 spiro atoms. The maximum Gasteiger partial charge on any atom is 0.266 e. The van der Waals surface area contributed by atoms with Crippen LogP contribution in [0.25, 0.3) is 6.08 Å². The Morgan fingerprint density at radius 1 is 1.03 bits per heavy atom. The number of nitrogens with one attached hydrogen (secondary N) is 1. The Balaban J connectivity index is 1.74. The predicted octanol–water partition coefficient (Wildman–Crippen LogP) is 7.39. The number of nitriles is 1. The lowest BCUT2D eigenvalue weighted by molar-refractivity contribution is -0.112. The van der Waals surface area contributed by atoms with Gasteiger partial charge in [-0.25, -0.2) is 0 Å². The van der Waals surface area contributed by atoms with Gasteiger partial charge in [-0.3, -0.25) is 4.79 Å². The highest BCUT2D eigenvalue weighted by molar-refractivity contribution is 6.35. The van der Waals surface area contributed by atoms with E-state index in [1.165, 1.54) is 6.08 Å². The summed E-state index contributed by atoms with van der Waals surface area (Å²) < 4.78 is 5.76. The molecule has 3 aromatic carbocycles. The first-order valence-electron chi connectivity index (χ1n) is 9.63. The molecular formula is C25H19Cl3N2O2. The van der Waals surface area contributed by atoms with Crippen LogP contribution in [0.5, 0.6) is 5.75 Å². The molecule has 0 aliphatic heterocycles. The number of rotatable bonds is 6. The molecule has 0 aliphatic rings. The monoisotopic (exact) mass is 484 g/mol. The summed E-state index contributed by atoms with van der Waals surface area (Å²) in [6.07, 6.45) is 1.48. The second-order valence-corrected chi connectivity index (χ2v) is 8.41. The molecule has 0 saturated heterocycles. The summed E-state index contributed by atoms with van der Waals surface area (Å²) in [5, 5.41) is 13.7. The second-order valence-electron chi connectivity index (χ2n) is 7.16. The average Bonchev–Trinajstić information content (AvgIpc) is 2.75. The number of carbonyl (C=O) groups is 1. The van der Waals surface area contributed by atoms with Crippen molar-refractivity contribution in [2.24, 2.45) is 0 Å². The average molecular weight is 486 g/mol. The van der Waals surface area contributed by atoms with E-state index in [2.05, 4.69) is 5.32 Å². The maximum absolute atomic E-state index is 12.6. The highest BCUT2D eigenvalue weighted by Crippen LogP contribution is 2.29. The Bertz CT molecular complexity index is 1250. The molecule has 0 aromatic heterocycles. The van der Waals surface area contributed by atoms with Crippen molar-refractivity contribution in [3.05, 3.63) is 97.5 Å². The van der Waals surface area contributed by atoms with Crippen molar-refractivity contribution in [2.75, 3.05) is 5.32 Å². The number of aryl methyl sites for hydroxylation is 2. The van der Waals surface area contributed by atoms with Gasteiger partial charge in [-0.2, -0.15) is 5.26 Å². The number of anilines is 1. The van der Waals surface area contributed by atoms with Crippen LogP contribution < -0.4 is 10.1 Å². The first kappa shape index (κ1) is 23.7. The molecule has 3 rings (SSSR count). The van der Waals surface area contributed by atoms with E-state index < -0.39 is 5.91 Å². The van der Waals surface area contributed by atoms with Gasteiger partial charge in [0, 0.05) is 21.3 Å². The van der Waals surface area contributed by atoms with Gasteiger partial charge in [-0.05, 0) is 66.9 Å². The SMILES string of the molecule is Cc1ccc(C)c(NC(=O)/C(C#N)=C/c2ccc(OCc3ccc(Cl)cc3Cl)c(Cl)c2)c1. The van der Waals surface area contributed by atoms with E-state index in [1.54, 1.807) is 36.4 Å². The standard InChI is InChI=1S/C25H19Cl3N2O2/c1-15-3-4-16(2)23(9-15)30-25(31)19(13-29)10-17-5-8-24(22(28)11-17)32-14-18-6-7-20(26)12-21(18)27/h3-12H,14H2,1-2H3,(H,30,31)/b19-10+. The Morgan fingerprint density at radius 3 is 2.50 bits per heavy atom. The van der Waals surface area contributed by atoms with E-state index in [4.69, 9.17) is 39.5 Å². The Hall–Kier alpha value is -2.97. The zero-order valence-electron chi connectivity index (χ0n) is 17.4. The van der Waals surface area contributed by atoms with E-state index in [9.17, 15) is 10.1 Å². The second kappa shape index (κ2) is 10.6. The van der Waals surface area contributed by atoms with Gasteiger partial charge >= 0.3 is 0 Å². The summed E-state index contributed by atoms with van der Waals surface area (Å²) in [7, 11) is 0. The van der Waals surface area contributed by atoms with Gasteiger partial charge in [-0.15, -0.1) is 0 Å². The van der Waals surface area contributed by atoms with Crippen LogP contribution in [0.15, 0.2) is 60.2 Å². The third kappa shape index (κ3) is 6.05. The van der Waals surface area contributed by atoms with Crippen LogP contribution in [0.2, 0.25) is 15.1 Å². The molecule has 1 amide bonds. The fourth-order valence-electron chi connectivity index (χ4n) is 2.89. The van der Waals surface area contributed by atoms with Gasteiger partial charge in [0.2, 0.25) is 0 Å². The van der Waals surface area contributed by atoms with Crippen molar-refractivity contribution in [2.45, 2.75) is 20.5 Å². The molecule has 1 N–H and O–H groups in total. The smallest absolute Gasteiger partial charge is 0.266 e. The predicted molar refractivity (Wildman–Crippen MR) is 130 cm³/mol. The zero-order valence-corrected chi connectivity index (χ0v) is 19.6. The quantitative estimate of drug-likeness (QED) is 0.292. The molecule has 32 heavy (non-hydrogen) atoms. The molecule has 0 unspecified atom stereocenters. The molecule has 0 saturated carbocycles. The molecule has 0 atom stereocenters. The molecule has 0 heterocycles. The molecule has 162 valence electrons. The first-order chi connectivity index (χ1) is 15.3. The summed E-state index contributed by atoms with van der Waals surface area (Å²) in [6.45, 7) is 4.04. The van der Waals surface area contributed by atoms with Crippen molar-refractivity contribution < 1.29 is 9.53 Å². The van der Waals surface area contributed by atoms with E-state index in [0.29, 0.717) is 32.1 Å². The van der Waals surface area contributed by atoms with E-state index in [0.717, 1.165) is 16.7 Å². The first-order valence-corrected chi connectivity index (χ1v) is 10.8. The van der Waals surface area contributed by atoms with Gasteiger partial charge in [0.25, 0.3) is 5.91 Å². The fourth-order valence-corrected chi connectivity index (χ4v) is 3.60. The van der Waals surface area contributed by atoms with Crippen LogP contribution in [-0.2, 0) is 11.4 Å². The van der Waals surface area contributed by atoms with Crippen molar-refractivity contribution in [1.29, 1.82) is 5.26 Å². The highest BCUT2D eigenvalue weighted by atomic mass is 35.5. The number of nitrogens with zero attached hydrogens (tertiary/aromatic N) is 1. The van der Waals surface area contributed by atoms with Crippen LogP contribution in [0, 0.1) is 25.2 Å². The number of hydrogen-bond acceptors (Lipinski definition) is 3. The van der Waals surface area contributed by atoms with Crippen LogP contribution in [-0.4, -0.2) is 5.91 Å². The molecule has 4 nitrogen and oxygen atoms in total. The van der Waals surface area contributed by atoms with E-state index >= 15 is 0 Å². The van der Waals surface area contributed by atoms with Crippen LogP contribution in [0.1, 0.15) is 22.3 Å². The van der Waals surface area contributed by atoms with Crippen LogP contribution >= 0.6 is 34.8 Å². The molecule has 3 aromatic rings. The Labute approximate surface area is 202 Å². The van der Waals surface area contributed by atoms with Crippen LogP contribution in [0.3, 0.4) is 0 Å². The molecule has 0 radical (unpaired) electrons. The van der Waals surface area contributed by atoms with Crippen molar-refractivity contribution in [1.82, 2.24) is 0 Å². The largest absolute Gasteiger partial charge is 0.487 e. The lowest BCUT2D eigenvalue weighted by Gasteiger charge is -2.11. The van der Waals surface area contributed by atoms with Crippen LogP contribution in [0.4, 0.5) is 5.69 Å². The highest BCUT2D eigenvalue weighted by Gasteiger charge is 2.12. The van der Waals surface area contributed by atoms with E-state index in [-0.39, 0.29) is 12.2 Å². The topological polar surface area (TPSA) is 62.1 Å². The zero-order chi connectivity index (χ0) is 23.3. The minimum Gasteiger partial charge on any atom is -0.487 e. The number of hydrogen-bond donors (Lipinski definition) is 1. The molecular weight excluding hydrogens is 467 g/mol. The van der Waals surface area contributed by atoms with Gasteiger partial charge < -0.3 is 10.1 Å². The number of amides is 1. The molecule has 0 fully saturated rings. The molecule has 0 bridgehead atoms. The summed E-state index contributed by atoms with van der Waals surface area (Å²) in [4.78, 5) is 12.6. The summed E-state index contributed by atoms with van der Waals surface area (Å²) in [5.41, 5.74) is 3.91. The Morgan fingerprint density at radius 2 is 1.81 bits per heavy atom. The van der Waals surface area contributed by atoms with E-state index in [1.807, 2.05) is 38.1 Å². The maximum atomic E-state index is 12.6. The number of halogens is 3. The number of ether oxygens (including phenoxy) is 1. The minimum atomic E-state index is -0.491. The normalized spacial score (nSPS) is 11.1. The number of carbonyl (C=O) groups excluding carboxylic acids is 1. The lowest BCUT2D eigenvalue weighted by atomic mass is 10.1. The Kier molecular flexibility index (Phi) is 7.82. The van der Waals surface area contributed by atoms with Gasteiger partial charge in [-0.1, -0.05) is 59.1 Å². The summed E-state index contributed by atoms with van der Waals surface area (Å²) in [6, 6.07) is 17.8. The van der Waals surface area contributed by atoms with Crippen molar-refractivity contribution in [3.8, 4) is 11.8 Å². The van der Waals surface area contributed by atoms with Gasteiger partial charge in [0.05, 0.1) is 5.02 Å². The van der Waals surface area contributed by atoms with Crippen molar-refractivity contribution in [3.63, 3.8) is 0 Å².